The van der Waals surface area contributed by atoms with Crippen LogP contribution in [0.4, 0.5) is 5.69 Å². The number of rotatable bonds is 3. The summed E-state index contributed by atoms with van der Waals surface area (Å²) < 4.78 is 5.07. The van der Waals surface area contributed by atoms with Gasteiger partial charge in [0.05, 0.1) is 18.2 Å². The van der Waals surface area contributed by atoms with Gasteiger partial charge in [0.15, 0.2) is 5.96 Å². The zero-order valence-electron chi connectivity index (χ0n) is 10.3. The number of anilines is 1. The van der Waals surface area contributed by atoms with Crippen molar-refractivity contribution in [2.75, 3.05) is 12.4 Å². The minimum atomic E-state index is 0. The van der Waals surface area contributed by atoms with Crippen LogP contribution in [-0.4, -0.2) is 19.1 Å². The van der Waals surface area contributed by atoms with Gasteiger partial charge in [-0.1, -0.05) is 18.5 Å². The van der Waals surface area contributed by atoms with Crippen LogP contribution in [0.15, 0.2) is 23.2 Å². The van der Waals surface area contributed by atoms with E-state index in [1.54, 1.807) is 19.2 Å². The molecule has 100 valence electrons. The topological polar surface area (TPSA) is 59.6 Å². The van der Waals surface area contributed by atoms with Gasteiger partial charge in [-0.3, -0.25) is 0 Å². The van der Waals surface area contributed by atoms with Gasteiger partial charge in [-0.2, -0.15) is 0 Å². The molecule has 3 N–H and O–H groups in total. The summed E-state index contributed by atoms with van der Waals surface area (Å²) >= 11 is 6.01. The maximum atomic E-state index is 6.01. The van der Waals surface area contributed by atoms with Crippen LogP contribution in [-0.2, 0) is 0 Å². The zero-order valence-corrected chi connectivity index (χ0v) is 13.4. The number of methoxy groups -OCH3 is 1. The minimum Gasteiger partial charge on any atom is -0.495 e. The molecule has 0 bridgehead atoms. The standard InChI is InChI=1S/C12H16ClN3O.HI/c1-7-5-10(7)16-12(14)15-8-3-4-11(17-2)9(13)6-8;/h3-4,6-7,10H,5H2,1-2H3,(H3,14,15,16);1H. The lowest BCUT2D eigenvalue weighted by Crippen LogP contribution is -2.23. The number of hydrogen-bond acceptors (Lipinski definition) is 2. The van der Waals surface area contributed by atoms with Gasteiger partial charge in [0.25, 0.3) is 0 Å². The van der Waals surface area contributed by atoms with Crippen LogP contribution in [0.25, 0.3) is 0 Å². The van der Waals surface area contributed by atoms with Gasteiger partial charge in [-0.25, -0.2) is 4.99 Å². The van der Waals surface area contributed by atoms with Gasteiger partial charge in [-0.05, 0) is 30.5 Å². The average Bonchev–Trinajstić information content (AvgIpc) is 2.94. The molecule has 1 aliphatic rings. The molecule has 6 heteroatoms. The van der Waals surface area contributed by atoms with Gasteiger partial charge in [0, 0.05) is 5.69 Å². The van der Waals surface area contributed by atoms with Crippen molar-refractivity contribution >= 4 is 47.2 Å². The molecule has 1 aromatic rings. The summed E-state index contributed by atoms with van der Waals surface area (Å²) in [5, 5.41) is 3.56. The fraction of sp³-hybridized carbons (Fsp3) is 0.417. The second-order valence-corrected chi connectivity index (χ2v) is 4.68. The van der Waals surface area contributed by atoms with E-state index in [4.69, 9.17) is 22.1 Å². The highest BCUT2D eigenvalue weighted by Gasteiger charge is 2.32. The van der Waals surface area contributed by atoms with Crippen molar-refractivity contribution in [2.45, 2.75) is 19.4 Å². The third-order valence-corrected chi connectivity index (χ3v) is 3.09. The normalized spacial score (nSPS) is 22.1. The van der Waals surface area contributed by atoms with Gasteiger partial charge in [0.1, 0.15) is 5.75 Å². The monoisotopic (exact) mass is 381 g/mol. The first-order chi connectivity index (χ1) is 8.10. The Bertz CT molecular complexity index is 453. The van der Waals surface area contributed by atoms with Crippen molar-refractivity contribution in [1.82, 2.24) is 0 Å². The number of benzene rings is 1. The molecular formula is C12H17ClIN3O. The summed E-state index contributed by atoms with van der Waals surface area (Å²) in [6, 6.07) is 5.77. The van der Waals surface area contributed by atoms with E-state index in [2.05, 4.69) is 17.2 Å². The summed E-state index contributed by atoms with van der Waals surface area (Å²) in [5.74, 6) is 1.72. The summed E-state index contributed by atoms with van der Waals surface area (Å²) in [7, 11) is 1.58. The summed E-state index contributed by atoms with van der Waals surface area (Å²) in [6.07, 6.45) is 1.12. The van der Waals surface area contributed by atoms with Crippen LogP contribution in [0.5, 0.6) is 5.75 Å². The van der Waals surface area contributed by atoms with Crippen LogP contribution >= 0.6 is 35.6 Å². The SMILES string of the molecule is COc1ccc(NC(N)=NC2CC2C)cc1Cl.I. The Morgan fingerprint density at radius 3 is 2.72 bits per heavy atom. The third-order valence-electron chi connectivity index (χ3n) is 2.80. The maximum Gasteiger partial charge on any atom is 0.193 e. The van der Waals surface area contributed by atoms with E-state index in [9.17, 15) is 0 Å². The molecule has 0 amide bonds. The molecule has 2 atom stereocenters. The van der Waals surface area contributed by atoms with Gasteiger partial charge in [0.2, 0.25) is 0 Å². The maximum absolute atomic E-state index is 6.01. The number of aliphatic imine (C=N–C) groups is 1. The molecule has 1 saturated carbocycles. The number of nitrogens with zero attached hydrogens (tertiary/aromatic N) is 1. The Morgan fingerprint density at radius 1 is 1.56 bits per heavy atom. The van der Waals surface area contributed by atoms with Crippen molar-refractivity contribution in [3.05, 3.63) is 23.2 Å². The molecule has 0 saturated heterocycles. The smallest absolute Gasteiger partial charge is 0.193 e. The molecular weight excluding hydrogens is 365 g/mol. The van der Waals surface area contributed by atoms with E-state index in [1.807, 2.05) is 6.07 Å². The number of guanidine groups is 1. The summed E-state index contributed by atoms with van der Waals surface area (Å²) in [6.45, 7) is 2.16. The minimum absolute atomic E-state index is 0. The van der Waals surface area contributed by atoms with Crippen molar-refractivity contribution in [1.29, 1.82) is 0 Å². The Kier molecular flexibility index (Phi) is 5.52. The molecule has 0 heterocycles. The first kappa shape index (κ1) is 15.4. The molecule has 4 nitrogen and oxygen atoms in total. The Balaban J connectivity index is 0.00000162. The predicted molar refractivity (Wildman–Crippen MR) is 86.2 cm³/mol. The highest BCUT2D eigenvalue weighted by molar-refractivity contribution is 14.0. The van der Waals surface area contributed by atoms with E-state index < -0.39 is 0 Å². The van der Waals surface area contributed by atoms with Crippen LogP contribution < -0.4 is 15.8 Å². The van der Waals surface area contributed by atoms with Crippen molar-refractivity contribution in [3.63, 3.8) is 0 Å². The van der Waals surface area contributed by atoms with Crippen molar-refractivity contribution < 1.29 is 4.74 Å². The number of nitrogens with one attached hydrogen (secondary N) is 1. The first-order valence-corrected chi connectivity index (χ1v) is 5.92. The largest absolute Gasteiger partial charge is 0.495 e. The fourth-order valence-corrected chi connectivity index (χ4v) is 1.84. The van der Waals surface area contributed by atoms with E-state index in [0.717, 1.165) is 12.1 Å². The predicted octanol–water partition coefficient (Wildman–Crippen LogP) is 3.10. The molecule has 1 fully saturated rings. The average molecular weight is 382 g/mol. The Morgan fingerprint density at radius 2 is 2.22 bits per heavy atom. The Labute approximate surface area is 129 Å². The number of nitrogens with two attached hydrogens (primary N) is 1. The molecule has 2 rings (SSSR count). The van der Waals surface area contributed by atoms with E-state index in [0.29, 0.717) is 28.7 Å². The molecule has 1 aliphatic carbocycles. The molecule has 0 aliphatic heterocycles. The van der Waals surface area contributed by atoms with Crippen LogP contribution in [0.3, 0.4) is 0 Å². The summed E-state index contributed by atoms with van der Waals surface area (Å²) in [5.41, 5.74) is 6.60. The van der Waals surface area contributed by atoms with Crippen molar-refractivity contribution in [2.24, 2.45) is 16.6 Å². The molecule has 18 heavy (non-hydrogen) atoms. The van der Waals surface area contributed by atoms with Gasteiger partial charge in [-0.15, -0.1) is 24.0 Å². The van der Waals surface area contributed by atoms with E-state index in [1.165, 1.54) is 0 Å². The van der Waals surface area contributed by atoms with Gasteiger partial charge < -0.3 is 15.8 Å². The van der Waals surface area contributed by atoms with Crippen LogP contribution in [0.1, 0.15) is 13.3 Å². The highest BCUT2D eigenvalue weighted by atomic mass is 127. The number of hydrogen-bond donors (Lipinski definition) is 2. The van der Waals surface area contributed by atoms with E-state index >= 15 is 0 Å². The lowest BCUT2D eigenvalue weighted by Gasteiger charge is -2.08. The molecule has 2 unspecified atom stereocenters. The molecule has 1 aromatic carbocycles. The lowest BCUT2D eigenvalue weighted by molar-refractivity contribution is 0.415. The molecule has 0 spiro atoms. The van der Waals surface area contributed by atoms with E-state index in [-0.39, 0.29) is 24.0 Å². The van der Waals surface area contributed by atoms with Crippen molar-refractivity contribution in [3.8, 4) is 5.75 Å². The second kappa shape index (κ2) is 6.47. The first-order valence-electron chi connectivity index (χ1n) is 5.54. The quantitative estimate of drug-likeness (QED) is 0.480. The lowest BCUT2D eigenvalue weighted by atomic mass is 10.3. The number of halogens is 2. The Hall–Kier alpha value is -0.690. The molecule has 0 radical (unpaired) electrons. The van der Waals surface area contributed by atoms with Crippen LogP contribution in [0.2, 0.25) is 5.02 Å². The molecule has 0 aromatic heterocycles. The third kappa shape index (κ3) is 3.91. The zero-order chi connectivity index (χ0) is 12.4. The summed E-state index contributed by atoms with van der Waals surface area (Å²) in [4.78, 5) is 4.35. The highest BCUT2D eigenvalue weighted by Crippen LogP contribution is 2.33. The fourth-order valence-electron chi connectivity index (χ4n) is 1.59. The second-order valence-electron chi connectivity index (χ2n) is 4.27. The van der Waals surface area contributed by atoms with Crippen LogP contribution in [0, 0.1) is 5.92 Å². The number of ether oxygens (including phenoxy) is 1. The van der Waals surface area contributed by atoms with Gasteiger partial charge >= 0.3 is 0 Å².